The first kappa shape index (κ1) is 15.2. The van der Waals surface area contributed by atoms with Crippen molar-refractivity contribution in [2.45, 2.75) is 0 Å². The molecule has 1 rings (SSSR count). The predicted octanol–water partition coefficient (Wildman–Crippen LogP) is 0.243. The van der Waals surface area contributed by atoms with Gasteiger partial charge in [-0.3, -0.25) is 9.79 Å². The molecule has 7 heteroatoms. The quantitative estimate of drug-likeness (QED) is 0.264. The second-order valence-electron chi connectivity index (χ2n) is 3.80. The minimum absolute atomic E-state index is 0.379. The lowest BCUT2D eigenvalue weighted by molar-refractivity contribution is 0.100. The summed E-state index contributed by atoms with van der Waals surface area (Å²) in [6, 6.07) is 4.92. The number of anilines is 1. The zero-order chi connectivity index (χ0) is 14.8. The summed E-state index contributed by atoms with van der Waals surface area (Å²) in [5.41, 5.74) is 12.1. The van der Waals surface area contributed by atoms with Gasteiger partial charge in [-0.05, 0) is 18.2 Å². The van der Waals surface area contributed by atoms with E-state index in [2.05, 4.69) is 15.6 Å². The number of primary amides is 1. The van der Waals surface area contributed by atoms with Crippen LogP contribution in [0.1, 0.15) is 15.9 Å². The Hall–Kier alpha value is -2.83. The van der Waals surface area contributed by atoms with Crippen molar-refractivity contribution < 1.29 is 4.79 Å². The van der Waals surface area contributed by atoms with Crippen LogP contribution >= 0.6 is 0 Å². The normalized spacial score (nSPS) is 10.8. The number of rotatable bonds is 8. The molecule has 20 heavy (non-hydrogen) atoms. The molecule has 0 unspecified atom stereocenters. The van der Waals surface area contributed by atoms with Gasteiger partial charge in [0.1, 0.15) is 0 Å². The smallest absolute Gasteiger partial charge is 0.248 e. The fraction of sp³-hybridized carbons (Fsp3) is 0.154. The largest absolute Gasteiger partial charge is 0.403 e. The molecule has 1 aromatic rings. The molecule has 0 aromatic heterocycles. The Morgan fingerprint density at radius 2 is 2.25 bits per heavy atom. The lowest BCUT2D eigenvalue weighted by Crippen LogP contribution is -2.13. The number of nitrogens with two attached hydrogens (primary N) is 2. The van der Waals surface area contributed by atoms with Crippen LogP contribution in [-0.2, 0) is 0 Å². The molecule has 0 saturated heterocycles. The molecule has 0 heterocycles. The molecular formula is C13H18N6O. The maximum absolute atomic E-state index is 11.1. The second kappa shape index (κ2) is 8.30. The molecule has 0 saturated carbocycles. The monoisotopic (exact) mass is 274 g/mol. The van der Waals surface area contributed by atoms with Gasteiger partial charge >= 0.3 is 0 Å². The maximum atomic E-state index is 11.1. The van der Waals surface area contributed by atoms with Crippen molar-refractivity contribution in [3.8, 4) is 0 Å². The van der Waals surface area contributed by atoms with Gasteiger partial charge in [0.25, 0.3) is 0 Å². The van der Waals surface area contributed by atoms with Crippen molar-refractivity contribution >= 4 is 24.1 Å². The number of carbonyl (C=O) groups is 1. The Kier molecular flexibility index (Phi) is 6.32. The third-order valence-electron chi connectivity index (χ3n) is 2.41. The number of carbonyl (C=O) groups excluding carboxylic acids is 1. The van der Waals surface area contributed by atoms with E-state index in [4.69, 9.17) is 16.9 Å². The molecule has 0 fully saturated rings. The molecule has 7 N–H and O–H groups in total. The summed E-state index contributed by atoms with van der Waals surface area (Å²) in [4.78, 5) is 15.1. The Labute approximate surface area is 117 Å². The molecule has 7 nitrogen and oxygen atoms in total. The number of aliphatic imine (C=N–C) groups is 1. The van der Waals surface area contributed by atoms with E-state index in [0.717, 1.165) is 5.69 Å². The van der Waals surface area contributed by atoms with E-state index in [-0.39, 0.29) is 0 Å². The summed E-state index contributed by atoms with van der Waals surface area (Å²) in [5.74, 6) is -0.511. The van der Waals surface area contributed by atoms with Crippen LogP contribution in [0.15, 0.2) is 35.6 Å². The van der Waals surface area contributed by atoms with E-state index in [0.29, 0.717) is 24.2 Å². The van der Waals surface area contributed by atoms with Crippen molar-refractivity contribution in [3.63, 3.8) is 0 Å². The van der Waals surface area contributed by atoms with E-state index in [1.54, 1.807) is 30.7 Å². The summed E-state index contributed by atoms with van der Waals surface area (Å²) in [6.45, 7) is 1.15. The zero-order valence-electron chi connectivity index (χ0n) is 11.0. The van der Waals surface area contributed by atoms with E-state index < -0.39 is 5.91 Å². The average Bonchev–Trinajstić information content (AvgIpc) is 2.46. The first-order valence-electron chi connectivity index (χ1n) is 5.98. The van der Waals surface area contributed by atoms with Crippen molar-refractivity contribution in [3.05, 3.63) is 41.7 Å². The molecule has 0 aliphatic carbocycles. The predicted molar refractivity (Wildman–Crippen MR) is 81.2 cm³/mol. The molecule has 0 radical (unpaired) electrons. The Morgan fingerprint density at radius 1 is 1.45 bits per heavy atom. The second-order valence-corrected chi connectivity index (χ2v) is 3.80. The summed E-state index contributed by atoms with van der Waals surface area (Å²) >= 11 is 0. The Bertz CT molecular complexity index is 524. The van der Waals surface area contributed by atoms with Gasteiger partial charge in [-0.2, -0.15) is 0 Å². The molecule has 0 aliphatic heterocycles. The minimum atomic E-state index is -0.511. The molecular weight excluding hydrogens is 256 g/mol. The highest BCUT2D eigenvalue weighted by Gasteiger charge is 2.04. The Balaban J connectivity index is 2.53. The van der Waals surface area contributed by atoms with Crippen LogP contribution in [0.2, 0.25) is 0 Å². The lowest BCUT2D eigenvalue weighted by Gasteiger charge is -2.09. The van der Waals surface area contributed by atoms with Crippen molar-refractivity contribution in [2.75, 3.05) is 18.4 Å². The summed E-state index contributed by atoms with van der Waals surface area (Å²) < 4.78 is 0. The number of nitrogens with one attached hydrogen (secondary N) is 3. The van der Waals surface area contributed by atoms with Gasteiger partial charge in [0.15, 0.2) is 0 Å². The van der Waals surface area contributed by atoms with Gasteiger partial charge in [0.05, 0.1) is 12.9 Å². The third kappa shape index (κ3) is 4.81. The van der Waals surface area contributed by atoms with Crippen LogP contribution in [0, 0.1) is 5.41 Å². The number of benzene rings is 1. The number of nitrogens with zero attached hydrogens (tertiary/aromatic N) is 1. The van der Waals surface area contributed by atoms with Crippen LogP contribution in [0.25, 0.3) is 0 Å². The van der Waals surface area contributed by atoms with Gasteiger partial charge in [-0.25, -0.2) is 0 Å². The van der Waals surface area contributed by atoms with Crippen molar-refractivity contribution in [1.29, 1.82) is 5.41 Å². The highest BCUT2D eigenvalue weighted by molar-refractivity contribution is 5.96. The van der Waals surface area contributed by atoms with Gasteiger partial charge in [-0.1, -0.05) is 0 Å². The lowest BCUT2D eigenvalue weighted by atomic mass is 10.1. The minimum Gasteiger partial charge on any atom is -0.403 e. The topological polar surface area (TPSA) is 129 Å². The van der Waals surface area contributed by atoms with E-state index in [1.165, 1.54) is 12.4 Å². The van der Waals surface area contributed by atoms with Crippen molar-refractivity contribution in [2.24, 2.45) is 16.5 Å². The van der Waals surface area contributed by atoms with Gasteiger partial charge in [0, 0.05) is 42.0 Å². The highest BCUT2D eigenvalue weighted by Crippen LogP contribution is 2.15. The SMILES string of the molecule is N=Cc1cc(C(N)=O)ccc1NCCN=CN/C=C\N. The van der Waals surface area contributed by atoms with E-state index in [9.17, 15) is 4.79 Å². The van der Waals surface area contributed by atoms with Crippen LogP contribution in [0.5, 0.6) is 0 Å². The molecule has 1 aromatic carbocycles. The van der Waals surface area contributed by atoms with Gasteiger partial charge in [-0.15, -0.1) is 0 Å². The molecule has 0 spiro atoms. The first-order valence-corrected chi connectivity index (χ1v) is 5.98. The van der Waals surface area contributed by atoms with Gasteiger partial charge < -0.3 is 27.5 Å². The van der Waals surface area contributed by atoms with E-state index >= 15 is 0 Å². The van der Waals surface area contributed by atoms with Crippen LogP contribution in [0.4, 0.5) is 5.69 Å². The summed E-state index contributed by atoms with van der Waals surface area (Å²) in [5, 5.41) is 13.2. The first-order chi connectivity index (χ1) is 9.69. The summed E-state index contributed by atoms with van der Waals surface area (Å²) in [7, 11) is 0. The van der Waals surface area contributed by atoms with Crippen molar-refractivity contribution in [1.82, 2.24) is 5.32 Å². The van der Waals surface area contributed by atoms with Crippen LogP contribution in [0.3, 0.4) is 0 Å². The third-order valence-corrected chi connectivity index (χ3v) is 2.41. The van der Waals surface area contributed by atoms with Gasteiger partial charge in [0.2, 0.25) is 5.91 Å². The highest BCUT2D eigenvalue weighted by atomic mass is 16.1. The number of hydrogen-bond donors (Lipinski definition) is 5. The van der Waals surface area contributed by atoms with Crippen LogP contribution < -0.4 is 22.1 Å². The molecule has 0 aliphatic rings. The van der Waals surface area contributed by atoms with E-state index in [1.807, 2.05) is 0 Å². The fourth-order valence-corrected chi connectivity index (χ4v) is 1.47. The summed E-state index contributed by atoms with van der Waals surface area (Å²) in [6.07, 6.45) is 5.65. The average molecular weight is 274 g/mol. The molecule has 1 amide bonds. The molecule has 0 atom stereocenters. The number of hydrogen-bond acceptors (Lipinski definition) is 5. The number of amides is 1. The Morgan fingerprint density at radius 3 is 2.90 bits per heavy atom. The zero-order valence-corrected chi connectivity index (χ0v) is 11.0. The van der Waals surface area contributed by atoms with Crippen LogP contribution in [-0.4, -0.2) is 31.5 Å². The maximum Gasteiger partial charge on any atom is 0.248 e. The molecule has 106 valence electrons. The molecule has 0 bridgehead atoms. The standard InChI is InChI=1S/C13H18N6O/c14-3-4-17-9-18-5-6-19-12-2-1-10(13(16)20)7-11(12)8-15/h1-4,7-9,15,19H,5-6,14H2,(H2,16,20)(H,17,18)/b4-3-,15-8?. The fourth-order valence-electron chi connectivity index (χ4n) is 1.47.